The zero-order chi connectivity index (χ0) is 21.9. The lowest BCUT2D eigenvalue weighted by Gasteiger charge is -2.26. The van der Waals surface area contributed by atoms with E-state index in [2.05, 4.69) is 10.6 Å². The van der Waals surface area contributed by atoms with E-state index in [1.807, 2.05) is 0 Å². The number of sulfonamides is 1. The lowest BCUT2D eigenvalue weighted by molar-refractivity contribution is -0.114. The minimum absolute atomic E-state index is 0.0238. The summed E-state index contributed by atoms with van der Waals surface area (Å²) in [6.07, 6.45) is 0. The number of nitrogens with zero attached hydrogens (tertiary/aromatic N) is 1. The predicted molar refractivity (Wildman–Crippen MR) is 115 cm³/mol. The second-order valence-electron chi connectivity index (χ2n) is 6.49. The monoisotopic (exact) mass is 471 g/mol. The van der Waals surface area contributed by atoms with Crippen LogP contribution in [0.2, 0.25) is 10.0 Å². The Morgan fingerprint density at radius 1 is 1.00 bits per heavy atom. The highest BCUT2D eigenvalue weighted by atomic mass is 35.5. The van der Waals surface area contributed by atoms with Gasteiger partial charge >= 0.3 is 0 Å². The first-order valence-electron chi connectivity index (χ1n) is 8.94. The third-order valence-electron chi connectivity index (χ3n) is 4.32. The van der Waals surface area contributed by atoms with Gasteiger partial charge in [0.2, 0.25) is 15.9 Å². The highest BCUT2D eigenvalue weighted by Gasteiger charge is 2.29. The van der Waals surface area contributed by atoms with Crippen LogP contribution in [0, 0.1) is 0 Å². The fourth-order valence-corrected chi connectivity index (χ4v) is 5.00. The molecule has 3 rings (SSSR count). The number of amides is 2. The molecule has 0 aliphatic carbocycles. The highest BCUT2D eigenvalue weighted by Crippen LogP contribution is 2.29. The lowest BCUT2D eigenvalue weighted by atomic mass is 10.2. The van der Waals surface area contributed by atoms with E-state index in [9.17, 15) is 18.0 Å². The van der Waals surface area contributed by atoms with Crippen molar-refractivity contribution in [2.45, 2.75) is 11.8 Å². The number of hydrogen-bond acceptors (Lipinski definition) is 5. The molecule has 0 aromatic heterocycles. The van der Waals surface area contributed by atoms with Crippen molar-refractivity contribution in [1.82, 2.24) is 4.31 Å². The quantitative estimate of drug-likeness (QED) is 0.696. The normalized spacial score (nSPS) is 14.9. The topological polar surface area (TPSA) is 105 Å². The second-order valence-corrected chi connectivity index (χ2v) is 9.21. The minimum atomic E-state index is -3.87. The van der Waals surface area contributed by atoms with Crippen molar-refractivity contribution >= 4 is 56.4 Å². The summed E-state index contributed by atoms with van der Waals surface area (Å²) in [5.41, 5.74) is 0.896. The van der Waals surface area contributed by atoms with Crippen LogP contribution in [0.25, 0.3) is 0 Å². The summed E-state index contributed by atoms with van der Waals surface area (Å²) in [6, 6.07) is 8.64. The van der Waals surface area contributed by atoms with E-state index in [0.717, 1.165) is 0 Å². The van der Waals surface area contributed by atoms with Gasteiger partial charge in [-0.15, -0.1) is 0 Å². The molecular formula is C19H19Cl2N3O5S. The fourth-order valence-electron chi connectivity index (χ4n) is 2.86. The van der Waals surface area contributed by atoms with Gasteiger partial charge in [0.15, 0.2) is 0 Å². The minimum Gasteiger partial charge on any atom is -0.379 e. The molecule has 1 saturated heterocycles. The molecule has 0 bridgehead atoms. The van der Waals surface area contributed by atoms with Gasteiger partial charge in [0.25, 0.3) is 5.91 Å². The summed E-state index contributed by atoms with van der Waals surface area (Å²) in [5.74, 6) is -0.808. The Hall–Kier alpha value is -2.17. The summed E-state index contributed by atoms with van der Waals surface area (Å²) < 4.78 is 32.3. The molecule has 1 heterocycles. The van der Waals surface area contributed by atoms with Gasteiger partial charge in [-0.2, -0.15) is 4.31 Å². The molecule has 0 unspecified atom stereocenters. The number of nitrogens with one attached hydrogen (secondary N) is 2. The number of rotatable bonds is 5. The van der Waals surface area contributed by atoms with E-state index in [4.69, 9.17) is 27.9 Å². The third-order valence-corrected chi connectivity index (χ3v) is 7.01. The second kappa shape index (κ2) is 9.32. The number of carbonyl (C=O) groups excluding carboxylic acids is 2. The Morgan fingerprint density at radius 3 is 2.33 bits per heavy atom. The number of ether oxygens (including phenoxy) is 1. The molecule has 0 atom stereocenters. The van der Waals surface area contributed by atoms with Crippen LogP contribution in [0.5, 0.6) is 0 Å². The average molecular weight is 472 g/mol. The molecule has 1 fully saturated rings. The molecule has 0 spiro atoms. The smallest absolute Gasteiger partial charge is 0.255 e. The van der Waals surface area contributed by atoms with Crippen LogP contribution >= 0.6 is 23.2 Å². The van der Waals surface area contributed by atoms with Gasteiger partial charge < -0.3 is 15.4 Å². The molecule has 160 valence electrons. The maximum Gasteiger partial charge on any atom is 0.255 e. The highest BCUT2D eigenvalue weighted by molar-refractivity contribution is 7.89. The number of anilines is 2. The summed E-state index contributed by atoms with van der Waals surface area (Å²) >= 11 is 12.3. The standard InChI is InChI=1S/C19H19Cl2N3O5S/c1-12(25)22-14-3-5-17(16(21)11-14)23-19(26)13-2-4-15(20)18(10-13)30(27,28)24-6-8-29-9-7-24/h2-5,10-11H,6-9H2,1H3,(H,22,25)(H,23,26). The molecule has 2 aromatic rings. The van der Waals surface area contributed by atoms with Crippen molar-refractivity contribution < 1.29 is 22.7 Å². The van der Waals surface area contributed by atoms with Crippen LogP contribution in [0.15, 0.2) is 41.3 Å². The van der Waals surface area contributed by atoms with Crippen LogP contribution in [0.1, 0.15) is 17.3 Å². The van der Waals surface area contributed by atoms with Gasteiger partial charge in [0, 0.05) is 31.3 Å². The molecule has 1 aliphatic rings. The molecule has 11 heteroatoms. The average Bonchev–Trinajstić information content (AvgIpc) is 2.70. The van der Waals surface area contributed by atoms with Crippen molar-refractivity contribution in [2.75, 3.05) is 36.9 Å². The van der Waals surface area contributed by atoms with Crippen molar-refractivity contribution in [3.8, 4) is 0 Å². The molecule has 2 aromatic carbocycles. The van der Waals surface area contributed by atoms with E-state index >= 15 is 0 Å². The van der Waals surface area contributed by atoms with E-state index < -0.39 is 15.9 Å². The first kappa shape index (κ1) is 22.5. The number of halogens is 2. The van der Waals surface area contributed by atoms with Crippen LogP contribution in [0.4, 0.5) is 11.4 Å². The largest absolute Gasteiger partial charge is 0.379 e. The van der Waals surface area contributed by atoms with Crippen molar-refractivity contribution in [2.24, 2.45) is 0 Å². The first-order valence-corrected chi connectivity index (χ1v) is 11.1. The lowest BCUT2D eigenvalue weighted by Crippen LogP contribution is -2.40. The summed E-state index contributed by atoms with van der Waals surface area (Å²) in [4.78, 5) is 23.7. The Morgan fingerprint density at radius 2 is 1.70 bits per heavy atom. The van der Waals surface area contributed by atoms with Crippen LogP contribution in [-0.2, 0) is 19.6 Å². The van der Waals surface area contributed by atoms with Crippen LogP contribution in [-0.4, -0.2) is 50.8 Å². The zero-order valence-electron chi connectivity index (χ0n) is 15.9. The Bertz CT molecular complexity index is 1090. The summed E-state index contributed by atoms with van der Waals surface area (Å²) in [7, 11) is -3.87. The molecule has 30 heavy (non-hydrogen) atoms. The van der Waals surface area contributed by atoms with Crippen molar-refractivity contribution in [1.29, 1.82) is 0 Å². The number of morpholine rings is 1. The summed E-state index contributed by atoms with van der Waals surface area (Å²) in [5, 5.41) is 5.45. The Balaban J connectivity index is 1.84. The number of carbonyl (C=O) groups is 2. The zero-order valence-corrected chi connectivity index (χ0v) is 18.3. The fraction of sp³-hybridized carbons (Fsp3) is 0.263. The molecule has 8 nitrogen and oxygen atoms in total. The van der Waals surface area contributed by atoms with Crippen molar-refractivity contribution in [3.05, 3.63) is 52.0 Å². The van der Waals surface area contributed by atoms with E-state index in [1.54, 1.807) is 6.07 Å². The van der Waals surface area contributed by atoms with Gasteiger partial charge in [-0.05, 0) is 36.4 Å². The van der Waals surface area contributed by atoms with Gasteiger partial charge in [0.1, 0.15) is 4.90 Å². The molecule has 1 aliphatic heterocycles. The van der Waals surface area contributed by atoms with Crippen LogP contribution in [0.3, 0.4) is 0 Å². The molecule has 2 N–H and O–H groups in total. The van der Waals surface area contributed by atoms with Gasteiger partial charge in [-0.25, -0.2) is 8.42 Å². The number of hydrogen-bond donors (Lipinski definition) is 2. The predicted octanol–water partition coefficient (Wildman–Crippen LogP) is 3.23. The van der Waals surface area contributed by atoms with Gasteiger partial charge in [0.05, 0.1) is 28.9 Å². The van der Waals surface area contributed by atoms with Gasteiger partial charge in [-0.1, -0.05) is 23.2 Å². The van der Waals surface area contributed by atoms with E-state index in [-0.39, 0.29) is 39.5 Å². The molecule has 0 radical (unpaired) electrons. The number of benzene rings is 2. The van der Waals surface area contributed by atoms with Crippen molar-refractivity contribution in [3.63, 3.8) is 0 Å². The van der Waals surface area contributed by atoms with Gasteiger partial charge in [-0.3, -0.25) is 9.59 Å². The molecule has 0 saturated carbocycles. The molecule has 2 amide bonds. The maximum atomic E-state index is 12.9. The summed E-state index contributed by atoms with van der Waals surface area (Å²) in [6.45, 7) is 2.39. The Labute approximate surface area is 184 Å². The molecular weight excluding hydrogens is 453 g/mol. The Kier molecular flexibility index (Phi) is 6.99. The SMILES string of the molecule is CC(=O)Nc1ccc(NC(=O)c2ccc(Cl)c(S(=O)(=O)N3CCOCC3)c2)c(Cl)c1. The maximum absolute atomic E-state index is 12.9. The first-order chi connectivity index (χ1) is 14.2. The third kappa shape index (κ3) is 5.11. The van der Waals surface area contributed by atoms with E-state index in [0.29, 0.717) is 24.6 Å². The van der Waals surface area contributed by atoms with Crippen LogP contribution < -0.4 is 10.6 Å². The van der Waals surface area contributed by atoms with E-state index in [1.165, 1.54) is 41.6 Å².